The Morgan fingerprint density at radius 3 is 0.785 bits per heavy atom. The monoisotopic (exact) mass is 1100 g/mol. The van der Waals surface area contributed by atoms with E-state index in [1.54, 1.807) is 0 Å². The maximum atomic E-state index is 13.0. The average Bonchev–Trinajstić information content (AvgIpc) is 3.45. The highest BCUT2D eigenvalue weighted by molar-refractivity contribution is 5.71. The molecule has 0 N–H and O–H groups in total. The van der Waals surface area contributed by atoms with Gasteiger partial charge in [0.25, 0.3) is 0 Å². The molecule has 0 fully saturated rings. The summed E-state index contributed by atoms with van der Waals surface area (Å²) in [5.74, 6) is -0.870. The van der Waals surface area contributed by atoms with E-state index in [0.717, 1.165) is 89.9 Å². The SMILES string of the molecule is CC/C=C\C/C=C\C/C=C\C/C=C\CCCCCCCCCCC(=O)OCC(COC(=O)CCCCCCCCCCC/C=C\CCCCCCCC)OC(=O)CCCCCCCCCCC/C=C\CCCCCCCCCC. The van der Waals surface area contributed by atoms with E-state index in [-0.39, 0.29) is 31.1 Å². The topological polar surface area (TPSA) is 78.9 Å². The van der Waals surface area contributed by atoms with Crippen molar-refractivity contribution in [3.63, 3.8) is 0 Å². The zero-order valence-electron chi connectivity index (χ0n) is 52.6. The molecule has 0 spiro atoms. The van der Waals surface area contributed by atoms with Crippen LogP contribution in [-0.2, 0) is 28.6 Å². The number of hydrogen-bond donors (Lipinski definition) is 0. The minimum Gasteiger partial charge on any atom is -0.462 e. The van der Waals surface area contributed by atoms with E-state index >= 15 is 0 Å². The van der Waals surface area contributed by atoms with Crippen LogP contribution in [0.3, 0.4) is 0 Å². The van der Waals surface area contributed by atoms with Crippen molar-refractivity contribution >= 4 is 17.9 Å². The molecule has 0 radical (unpaired) electrons. The summed E-state index contributed by atoms with van der Waals surface area (Å²) in [6.45, 7) is 6.57. The van der Waals surface area contributed by atoms with Crippen molar-refractivity contribution < 1.29 is 28.6 Å². The lowest BCUT2D eigenvalue weighted by atomic mass is 10.1. The summed E-state index contributed by atoms with van der Waals surface area (Å²) in [4.78, 5) is 38.5. The zero-order chi connectivity index (χ0) is 57.1. The normalized spacial score (nSPS) is 12.5. The van der Waals surface area contributed by atoms with Gasteiger partial charge in [-0.1, -0.05) is 299 Å². The summed E-state index contributed by atoms with van der Waals surface area (Å²) < 4.78 is 17.0. The van der Waals surface area contributed by atoms with Gasteiger partial charge in [-0.05, 0) is 109 Å². The Morgan fingerprint density at radius 2 is 0.494 bits per heavy atom. The predicted molar refractivity (Wildman–Crippen MR) is 344 cm³/mol. The zero-order valence-corrected chi connectivity index (χ0v) is 52.6. The average molecular weight is 1100 g/mol. The van der Waals surface area contributed by atoms with E-state index in [9.17, 15) is 14.4 Å². The fraction of sp³-hybridized carbons (Fsp3) is 0.795. The predicted octanol–water partition coefficient (Wildman–Crippen LogP) is 23.7. The maximum absolute atomic E-state index is 13.0. The van der Waals surface area contributed by atoms with E-state index in [1.807, 2.05) is 0 Å². The van der Waals surface area contributed by atoms with Gasteiger partial charge in [0.05, 0.1) is 0 Å². The van der Waals surface area contributed by atoms with Crippen LogP contribution < -0.4 is 0 Å². The van der Waals surface area contributed by atoms with Crippen molar-refractivity contribution in [2.24, 2.45) is 0 Å². The molecule has 1 atom stereocenters. The number of allylic oxidation sites excluding steroid dienone is 12. The van der Waals surface area contributed by atoms with E-state index < -0.39 is 6.10 Å². The standard InChI is InChI=1S/C73H130O6/c1-4-7-10-13-16-19-22-25-28-31-34-36-39-42-45-48-51-54-57-60-63-66-72(75)78-69-70(68-77-71(74)65-62-59-56-53-50-47-44-41-38-33-30-27-24-21-18-15-12-9-6-3)79-73(76)67-64-61-58-55-52-49-46-43-40-37-35-32-29-26-23-20-17-14-11-8-5-2/h7,10,16,19,25,27-28,30,32,34-36,70H,4-6,8-9,11-15,17-18,20-24,26,29,31,33,37-69H2,1-3H3/b10-7-,19-16-,28-25-,30-27-,35-32-,36-34-. The molecule has 0 bridgehead atoms. The molecular formula is C73H130O6. The Hall–Kier alpha value is -3.15. The van der Waals surface area contributed by atoms with Gasteiger partial charge in [0.2, 0.25) is 0 Å². The second kappa shape index (κ2) is 67.4. The van der Waals surface area contributed by atoms with Crippen LogP contribution in [0.1, 0.15) is 355 Å². The molecule has 0 rings (SSSR count). The van der Waals surface area contributed by atoms with E-state index in [1.165, 1.54) is 225 Å². The molecule has 0 aromatic rings. The highest BCUT2D eigenvalue weighted by Crippen LogP contribution is 2.17. The van der Waals surface area contributed by atoms with Crippen LogP contribution in [0.25, 0.3) is 0 Å². The molecule has 0 saturated carbocycles. The molecule has 0 aromatic carbocycles. The maximum Gasteiger partial charge on any atom is 0.306 e. The molecular weight excluding hydrogens is 973 g/mol. The third kappa shape index (κ3) is 65.5. The molecule has 6 nitrogen and oxygen atoms in total. The number of rotatable bonds is 63. The second-order valence-corrected chi connectivity index (χ2v) is 23.1. The van der Waals surface area contributed by atoms with Crippen LogP contribution in [0.5, 0.6) is 0 Å². The summed E-state index contributed by atoms with van der Waals surface area (Å²) in [6.07, 6.45) is 87.7. The summed E-state index contributed by atoms with van der Waals surface area (Å²) in [5.41, 5.74) is 0. The van der Waals surface area contributed by atoms with Crippen molar-refractivity contribution in [1.82, 2.24) is 0 Å². The molecule has 0 saturated heterocycles. The second-order valence-electron chi connectivity index (χ2n) is 23.1. The minimum atomic E-state index is -0.783. The Kier molecular flexibility index (Phi) is 64.7. The number of unbranched alkanes of at least 4 members (excludes halogenated alkanes) is 40. The molecule has 0 aliphatic carbocycles. The first-order valence-electron chi connectivity index (χ1n) is 34.4. The van der Waals surface area contributed by atoms with Crippen LogP contribution in [0.2, 0.25) is 0 Å². The van der Waals surface area contributed by atoms with Gasteiger partial charge in [-0.25, -0.2) is 0 Å². The van der Waals surface area contributed by atoms with Gasteiger partial charge < -0.3 is 14.2 Å². The fourth-order valence-electron chi connectivity index (χ4n) is 10.0. The van der Waals surface area contributed by atoms with Crippen molar-refractivity contribution in [2.75, 3.05) is 13.2 Å². The molecule has 0 heterocycles. The van der Waals surface area contributed by atoms with Gasteiger partial charge in [-0.15, -0.1) is 0 Å². The van der Waals surface area contributed by atoms with Gasteiger partial charge in [-0.2, -0.15) is 0 Å². The van der Waals surface area contributed by atoms with Crippen LogP contribution in [-0.4, -0.2) is 37.2 Å². The van der Waals surface area contributed by atoms with Crippen LogP contribution in [0.4, 0.5) is 0 Å². The third-order valence-corrected chi connectivity index (χ3v) is 15.2. The van der Waals surface area contributed by atoms with Crippen molar-refractivity contribution in [3.8, 4) is 0 Å². The van der Waals surface area contributed by atoms with Gasteiger partial charge in [-0.3, -0.25) is 14.4 Å². The van der Waals surface area contributed by atoms with Crippen molar-refractivity contribution in [1.29, 1.82) is 0 Å². The Balaban J connectivity index is 4.37. The highest BCUT2D eigenvalue weighted by Gasteiger charge is 2.19. The number of carbonyl (C=O) groups is 3. The van der Waals surface area contributed by atoms with Gasteiger partial charge in [0.15, 0.2) is 6.10 Å². The lowest BCUT2D eigenvalue weighted by Gasteiger charge is -2.18. The van der Waals surface area contributed by atoms with E-state index in [2.05, 4.69) is 93.7 Å². The Labute approximate surface area is 491 Å². The highest BCUT2D eigenvalue weighted by atomic mass is 16.6. The molecule has 79 heavy (non-hydrogen) atoms. The molecule has 6 heteroatoms. The van der Waals surface area contributed by atoms with Crippen LogP contribution >= 0.6 is 0 Å². The first-order valence-corrected chi connectivity index (χ1v) is 34.4. The quantitative estimate of drug-likeness (QED) is 0.0261. The summed E-state index contributed by atoms with van der Waals surface area (Å²) in [6, 6.07) is 0. The molecule has 1 unspecified atom stereocenters. The largest absolute Gasteiger partial charge is 0.462 e. The smallest absolute Gasteiger partial charge is 0.306 e. The molecule has 0 amide bonds. The number of hydrogen-bond acceptors (Lipinski definition) is 6. The van der Waals surface area contributed by atoms with Gasteiger partial charge in [0.1, 0.15) is 13.2 Å². The number of carbonyl (C=O) groups excluding carboxylic acids is 3. The van der Waals surface area contributed by atoms with Gasteiger partial charge in [0, 0.05) is 19.3 Å². The molecule has 0 aliphatic heterocycles. The van der Waals surface area contributed by atoms with Crippen LogP contribution in [0.15, 0.2) is 72.9 Å². The molecule has 0 aliphatic rings. The van der Waals surface area contributed by atoms with E-state index in [0.29, 0.717) is 19.3 Å². The first kappa shape index (κ1) is 75.8. The number of ether oxygens (including phenoxy) is 3. The lowest BCUT2D eigenvalue weighted by molar-refractivity contribution is -0.167. The van der Waals surface area contributed by atoms with Crippen molar-refractivity contribution in [2.45, 2.75) is 361 Å². The minimum absolute atomic E-state index is 0.0776. The van der Waals surface area contributed by atoms with E-state index in [4.69, 9.17) is 14.2 Å². The first-order chi connectivity index (χ1) is 39.0. The molecule has 458 valence electrons. The van der Waals surface area contributed by atoms with Gasteiger partial charge >= 0.3 is 17.9 Å². The Morgan fingerprint density at radius 1 is 0.266 bits per heavy atom. The summed E-state index contributed by atoms with van der Waals surface area (Å²) >= 11 is 0. The summed E-state index contributed by atoms with van der Waals surface area (Å²) in [5, 5.41) is 0. The summed E-state index contributed by atoms with van der Waals surface area (Å²) in [7, 11) is 0. The third-order valence-electron chi connectivity index (χ3n) is 15.2. The molecule has 0 aromatic heterocycles. The van der Waals surface area contributed by atoms with Crippen LogP contribution in [0, 0.1) is 0 Å². The van der Waals surface area contributed by atoms with Crippen molar-refractivity contribution in [3.05, 3.63) is 72.9 Å². The number of esters is 3. The Bertz CT molecular complexity index is 1450. The fourth-order valence-corrected chi connectivity index (χ4v) is 10.0. The lowest BCUT2D eigenvalue weighted by Crippen LogP contribution is -2.30.